The Kier molecular flexibility index (Phi) is 9.07. The maximum absolute atomic E-state index is 13.1. The van der Waals surface area contributed by atoms with Gasteiger partial charge in [-0.05, 0) is 36.2 Å². The Morgan fingerprint density at radius 3 is 2.33 bits per heavy atom. The number of thiocarbonyl (C=S) groups is 1. The molecule has 0 N–H and O–H groups in total. The number of hydrogen-bond acceptors (Lipinski definition) is 5. The van der Waals surface area contributed by atoms with E-state index < -0.39 is 22.5 Å². The molecule has 0 aromatic heterocycles. The third-order valence-corrected chi connectivity index (χ3v) is 8.29. The monoisotopic (exact) mass is 442 g/mol. The van der Waals surface area contributed by atoms with Crippen LogP contribution >= 0.6 is 24.0 Å². The van der Waals surface area contributed by atoms with E-state index in [4.69, 9.17) is 17.0 Å². The van der Waals surface area contributed by atoms with Gasteiger partial charge in [-0.15, -0.1) is 11.5 Å². The van der Waals surface area contributed by atoms with Gasteiger partial charge in [0.05, 0.1) is 11.5 Å². The van der Waals surface area contributed by atoms with Crippen molar-refractivity contribution >= 4 is 46.3 Å². The highest BCUT2D eigenvalue weighted by atomic mass is 32.3. The summed E-state index contributed by atoms with van der Waals surface area (Å²) in [6.07, 6.45) is 0.939. The molecule has 27 heavy (non-hydrogen) atoms. The van der Waals surface area contributed by atoms with Gasteiger partial charge in [0, 0.05) is 6.42 Å². The zero-order valence-corrected chi connectivity index (χ0v) is 20.5. The molecule has 1 atom stereocenters. The van der Waals surface area contributed by atoms with Crippen molar-refractivity contribution in [1.29, 1.82) is 0 Å². The Morgan fingerprint density at radius 1 is 1.22 bits per heavy atom. The van der Waals surface area contributed by atoms with Crippen LogP contribution in [0, 0.1) is 16.9 Å². The van der Waals surface area contributed by atoms with Gasteiger partial charge in [-0.3, -0.25) is 0 Å². The molecule has 3 nitrogen and oxygen atoms in total. The lowest BCUT2D eigenvalue weighted by Gasteiger charge is -2.21. The quantitative estimate of drug-likeness (QED) is 0.329. The van der Waals surface area contributed by atoms with Crippen LogP contribution in [0.1, 0.15) is 33.6 Å². The molecule has 1 unspecified atom stereocenters. The van der Waals surface area contributed by atoms with Crippen LogP contribution in [-0.4, -0.2) is 32.1 Å². The number of benzene rings is 1. The molecule has 0 heterocycles. The molecular formula is C20H30O3S3Si. The lowest BCUT2D eigenvalue weighted by atomic mass is 9.99. The predicted molar refractivity (Wildman–Crippen MR) is 123 cm³/mol. The summed E-state index contributed by atoms with van der Waals surface area (Å²) in [5.41, 5.74) is 3.25. The van der Waals surface area contributed by atoms with Crippen molar-refractivity contribution in [3.05, 3.63) is 30.3 Å². The molecule has 0 aliphatic heterocycles. The van der Waals surface area contributed by atoms with Crippen molar-refractivity contribution < 1.29 is 13.2 Å². The Hall–Kier alpha value is -0.813. The molecule has 0 amide bonds. The third-order valence-electron chi connectivity index (χ3n) is 3.24. The topological polar surface area (TPSA) is 43.4 Å². The van der Waals surface area contributed by atoms with Crippen LogP contribution in [0.2, 0.25) is 19.6 Å². The van der Waals surface area contributed by atoms with Crippen molar-refractivity contribution in [1.82, 2.24) is 0 Å². The molecular weight excluding hydrogens is 413 g/mol. The molecule has 7 heteroatoms. The second-order valence-electron chi connectivity index (χ2n) is 8.60. The first-order valence-electron chi connectivity index (χ1n) is 8.94. The van der Waals surface area contributed by atoms with E-state index in [2.05, 4.69) is 31.1 Å². The van der Waals surface area contributed by atoms with Crippen molar-refractivity contribution in [3.63, 3.8) is 0 Å². The highest BCUT2D eigenvalue weighted by molar-refractivity contribution is 8.28. The Balaban J connectivity index is 2.95. The molecule has 0 saturated heterocycles. The molecule has 1 rings (SSSR count). The first-order valence-corrected chi connectivity index (χ1v) is 15.3. The van der Waals surface area contributed by atoms with Gasteiger partial charge in [0.2, 0.25) is 4.38 Å². The fraction of sp³-hybridized carbons (Fsp3) is 0.550. The Morgan fingerprint density at radius 2 is 1.81 bits per heavy atom. The van der Waals surface area contributed by atoms with Gasteiger partial charge >= 0.3 is 0 Å². The van der Waals surface area contributed by atoms with Crippen LogP contribution in [0.3, 0.4) is 0 Å². The standard InChI is InChI=1S/C20H30O3S3Si/c1-20(2,3)16-23-19(24)25-18(14-10-11-15-27(4,5)6)26(21,22)17-12-8-7-9-13-17/h7-9,12-13,18H,10,14,16H2,1-6H3. The van der Waals surface area contributed by atoms with E-state index in [-0.39, 0.29) is 9.80 Å². The zero-order valence-electron chi connectivity index (χ0n) is 17.0. The van der Waals surface area contributed by atoms with Gasteiger partial charge in [-0.2, -0.15) is 0 Å². The molecule has 1 aromatic rings. The van der Waals surface area contributed by atoms with E-state index in [1.165, 1.54) is 0 Å². The number of sulfone groups is 1. The van der Waals surface area contributed by atoms with Crippen molar-refractivity contribution in [2.24, 2.45) is 5.41 Å². The molecule has 0 bridgehead atoms. The summed E-state index contributed by atoms with van der Waals surface area (Å²) < 4.78 is 31.4. The normalized spacial score (nSPS) is 13.4. The summed E-state index contributed by atoms with van der Waals surface area (Å²) in [5, 5.41) is 0. The van der Waals surface area contributed by atoms with Crippen LogP contribution in [0.25, 0.3) is 0 Å². The molecule has 0 radical (unpaired) electrons. The van der Waals surface area contributed by atoms with Gasteiger partial charge in [-0.1, -0.05) is 70.4 Å². The van der Waals surface area contributed by atoms with Crippen molar-refractivity contribution in [2.45, 2.75) is 62.7 Å². The fourth-order valence-electron chi connectivity index (χ4n) is 1.97. The van der Waals surface area contributed by atoms with Gasteiger partial charge in [0.15, 0.2) is 9.84 Å². The second-order valence-corrected chi connectivity index (χ2v) is 17.6. The molecule has 150 valence electrons. The second kappa shape index (κ2) is 10.1. The van der Waals surface area contributed by atoms with Crippen molar-refractivity contribution in [2.75, 3.05) is 6.61 Å². The lowest BCUT2D eigenvalue weighted by molar-refractivity contribution is 0.197. The minimum atomic E-state index is -3.53. The molecule has 0 fully saturated rings. The molecule has 0 aliphatic rings. The van der Waals surface area contributed by atoms with Gasteiger partial charge in [-0.25, -0.2) is 8.42 Å². The van der Waals surface area contributed by atoms with E-state index in [0.29, 0.717) is 24.3 Å². The highest BCUT2D eigenvalue weighted by Crippen LogP contribution is 2.30. The van der Waals surface area contributed by atoms with Crippen LogP contribution in [-0.2, 0) is 14.6 Å². The van der Waals surface area contributed by atoms with E-state index in [1.807, 2.05) is 20.8 Å². The fourth-order valence-corrected chi connectivity index (χ4v) is 6.17. The highest BCUT2D eigenvalue weighted by Gasteiger charge is 2.29. The average Bonchev–Trinajstić information content (AvgIpc) is 2.55. The summed E-state index contributed by atoms with van der Waals surface area (Å²) in [6, 6.07) is 8.51. The first kappa shape index (κ1) is 24.2. The number of thioether (sulfide) groups is 1. The lowest BCUT2D eigenvalue weighted by Crippen LogP contribution is -2.22. The molecule has 0 saturated carbocycles. The van der Waals surface area contributed by atoms with E-state index >= 15 is 0 Å². The maximum Gasteiger partial charge on any atom is 0.221 e. The Labute approximate surface area is 175 Å². The summed E-state index contributed by atoms with van der Waals surface area (Å²) in [5.74, 6) is 3.16. The van der Waals surface area contributed by atoms with E-state index in [1.54, 1.807) is 30.3 Å². The molecule has 0 aliphatic carbocycles. The van der Waals surface area contributed by atoms with Crippen LogP contribution in [0.5, 0.6) is 0 Å². The smallest absolute Gasteiger partial charge is 0.221 e. The largest absolute Gasteiger partial charge is 0.478 e. The first-order chi connectivity index (χ1) is 12.3. The zero-order chi connectivity index (χ0) is 20.7. The third kappa shape index (κ3) is 9.79. The van der Waals surface area contributed by atoms with Crippen LogP contribution < -0.4 is 0 Å². The summed E-state index contributed by atoms with van der Waals surface area (Å²) >= 11 is 6.41. The van der Waals surface area contributed by atoms with Gasteiger partial charge < -0.3 is 4.74 Å². The van der Waals surface area contributed by atoms with Crippen LogP contribution in [0.15, 0.2) is 35.2 Å². The Bertz CT molecular complexity index is 780. The minimum Gasteiger partial charge on any atom is -0.478 e. The maximum atomic E-state index is 13.1. The summed E-state index contributed by atoms with van der Waals surface area (Å²) in [4.78, 5) is 0.305. The predicted octanol–water partition coefficient (Wildman–Crippen LogP) is 5.53. The van der Waals surface area contributed by atoms with Crippen molar-refractivity contribution in [3.8, 4) is 11.5 Å². The van der Waals surface area contributed by atoms with Gasteiger partial charge in [0.25, 0.3) is 0 Å². The number of ether oxygens (including phenoxy) is 1. The number of hydrogen-bond donors (Lipinski definition) is 0. The van der Waals surface area contributed by atoms with E-state index in [0.717, 1.165) is 11.8 Å². The number of rotatable bonds is 6. The summed E-state index contributed by atoms with van der Waals surface area (Å²) in [6.45, 7) is 13.1. The summed E-state index contributed by atoms with van der Waals surface area (Å²) in [7, 11) is -5.00. The average molecular weight is 443 g/mol. The molecule has 0 spiro atoms. The molecule has 1 aromatic carbocycles. The SMILES string of the molecule is CC(C)(C)COC(=S)SC(CCC#C[Si](C)(C)C)S(=O)(=O)c1ccccc1. The minimum absolute atomic E-state index is 0.0404. The van der Waals surface area contributed by atoms with Crippen LogP contribution in [0.4, 0.5) is 0 Å². The van der Waals surface area contributed by atoms with E-state index in [9.17, 15) is 8.42 Å². The van der Waals surface area contributed by atoms with Gasteiger partial charge in [0.1, 0.15) is 12.7 Å².